The van der Waals surface area contributed by atoms with Gasteiger partial charge in [-0.05, 0) is 17.7 Å². The summed E-state index contributed by atoms with van der Waals surface area (Å²) in [6.07, 6.45) is 1.59. The number of methoxy groups -OCH3 is 1. The molecule has 0 radical (unpaired) electrons. The molecule has 0 amide bonds. The van der Waals surface area contributed by atoms with Crippen LogP contribution in [0.15, 0.2) is 41.1 Å². The molecule has 5 heteroatoms. The first-order valence-electron chi connectivity index (χ1n) is 5.46. The van der Waals surface area contributed by atoms with Gasteiger partial charge < -0.3 is 14.4 Å². The Morgan fingerprint density at radius 3 is 2.94 bits per heavy atom. The van der Waals surface area contributed by atoms with E-state index in [1.807, 2.05) is 6.07 Å². The smallest absolute Gasteiger partial charge is 0.306 e. The summed E-state index contributed by atoms with van der Waals surface area (Å²) >= 11 is 0. The van der Waals surface area contributed by atoms with E-state index >= 15 is 0 Å². The van der Waals surface area contributed by atoms with E-state index in [2.05, 4.69) is 9.89 Å². The minimum atomic E-state index is -0.341. The summed E-state index contributed by atoms with van der Waals surface area (Å²) in [5.74, 6) is -0.486. The van der Waals surface area contributed by atoms with Crippen molar-refractivity contribution >= 4 is 5.97 Å². The Morgan fingerprint density at radius 2 is 2.33 bits per heavy atom. The van der Waals surface area contributed by atoms with Crippen molar-refractivity contribution in [3.8, 4) is 5.75 Å². The molecule has 1 aromatic heterocycles. The number of hydrogen-bond acceptors (Lipinski definition) is 5. The Bertz CT molecular complexity index is 522. The molecule has 0 aliphatic rings. The second-order valence-corrected chi connectivity index (χ2v) is 3.85. The van der Waals surface area contributed by atoms with Crippen molar-refractivity contribution in [1.82, 2.24) is 5.16 Å². The number of carbonyl (C=O) groups excluding carboxylic acids is 1. The van der Waals surface area contributed by atoms with Crippen LogP contribution in [0.1, 0.15) is 23.6 Å². The minimum absolute atomic E-state index is 0.144. The number of phenolic OH excluding ortho intramolecular Hbond substituents is 1. The van der Waals surface area contributed by atoms with Crippen molar-refractivity contribution in [2.45, 2.75) is 12.3 Å². The van der Waals surface area contributed by atoms with Crippen LogP contribution in [0, 0.1) is 0 Å². The fourth-order valence-electron chi connectivity index (χ4n) is 1.79. The molecule has 1 atom stereocenters. The molecule has 94 valence electrons. The Labute approximate surface area is 104 Å². The van der Waals surface area contributed by atoms with Crippen molar-refractivity contribution in [2.24, 2.45) is 0 Å². The largest absolute Gasteiger partial charge is 0.508 e. The predicted molar refractivity (Wildman–Crippen MR) is 63.1 cm³/mol. The maximum Gasteiger partial charge on any atom is 0.306 e. The molecule has 2 rings (SSSR count). The van der Waals surface area contributed by atoms with Gasteiger partial charge in [-0.25, -0.2) is 0 Å². The van der Waals surface area contributed by atoms with Gasteiger partial charge >= 0.3 is 5.97 Å². The highest BCUT2D eigenvalue weighted by atomic mass is 16.5. The number of aromatic nitrogens is 1. The zero-order valence-corrected chi connectivity index (χ0v) is 9.87. The van der Waals surface area contributed by atoms with E-state index in [1.54, 1.807) is 24.3 Å². The molecule has 1 N–H and O–H groups in total. The van der Waals surface area contributed by atoms with Crippen molar-refractivity contribution < 1.29 is 19.2 Å². The number of nitrogens with zero attached hydrogens (tertiary/aromatic N) is 1. The Morgan fingerprint density at radius 1 is 1.50 bits per heavy atom. The number of aromatic hydroxyl groups is 1. The normalized spacial score (nSPS) is 12.1. The molecule has 0 aliphatic carbocycles. The minimum Gasteiger partial charge on any atom is -0.508 e. The molecule has 1 heterocycles. The molecule has 0 unspecified atom stereocenters. The standard InChI is InChI=1S/C13H13NO4/c1-17-13(16)8-11(12-5-6-18-14-12)9-3-2-4-10(15)7-9/h2-7,11,15H,8H2,1H3/t11-/m1/s1. The van der Waals surface area contributed by atoms with Crippen LogP contribution in [0.25, 0.3) is 0 Å². The molecule has 0 bridgehead atoms. The lowest BCUT2D eigenvalue weighted by atomic mass is 9.92. The summed E-state index contributed by atoms with van der Waals surface area (Å²) in [7, 11) is 1.34. The van der Waals surface area contributed by atoms with Gasteiger partial charge in [0.1, 0.15) is 12.0 Å². The highest BCUT2D eigenvalue weighted by molar-refractivity contribution is 5.71. The van der Waals surface area contributed by atoms with Gasteiger partial charge in [0.15, 0.2) is 0 Å². The lowest BCUT2D eigenvalue weighted by molar-refractivity contribution is -0.140. The molecular formula is C13H13NO4. The Balaban J connectivity index is 2.33. The monoisotopic (exact) mass is 247 g/mol. The van der Waals surface area contributed by atoms with Crippen LogP contribution < -0.4 is 0 Å². The summed E-state index contributed by atoms with van der Waals surface area (Å²) in [5.41, 5.74) is 1.42. The number of esters is 1. The molecule has 1 aromatic carbocycles. The van der Waals surface area contributed by atoms with Gasteiger partial charge in [0.05, 0.1) is 19.2 Å². The average Bonchev–Trinajstić information content (AvgIpc) is 2.89. The zero-order valence-electron chi connectivity index (χ0n) is 9.87. The van der Waals surface area contributed by atoms with Gasteiger partial charge in [0, 0.05) is 12.0 Å². The average molecular weight is 247 g/mol. The van der Waals surface area contributed by atoms with Crippen LogP contribution in [-0.4, -0.2) is 23.3 Å². The molecule has 2 aromatic rings. The zero-order chi connectivity index (χ0) is 13.0. The van der Waals surface area contributed by atoms with Gasteiger partial charge in [0.2, 0.25) is 0 Å². The first-order chi connectivity index (χ1) is 8.70. The summed E-state index contributed by atoms with van der Waals surface area (Å²) in [6, 6.07) is 8.40. The third-order valence-electron chi connectivity index (χ3n) is 2.69. The molecule has 0 aliphatic heterocycles. The van der Waals surface area contributed by atoms with Gasteiger partial charge in [-0.2, -0.15) is 0 Å². The van der Waals surface area contributed by atoms with E-state index in [9.17, 15) is 9.90 Å². The summed E-state index contributed by atoms with van der Waals surface area (Å²) < 4.78 is 9.47. The van der Waals surface area contributed by atoms with Gasteiger partial charge in [-0.3, -0.25) is 4.79 Å². The van der Waals surface area contributed by atoms with E-state index < -0.39 is 0 Å². The Hall–Kier alpha value is -2.30. The second kappa shape index (κ2) is 5.35. The molecular weight excluding hydrogens is 234 g/mol. The molecule has 0 saturated carbocycles. The molecule has 18 heavy (non-hydrogen) atoms. The first-order valence-corrected chi connectivity index (χ1v) is 5.46. The van der Waals surface area contributed by atoms with E-state index in [0.29, 0.717) is 5.69 Å². The summed E-state index contributed by atoms with van der Waals surface area (Å²) in [5, 5.41) is 13.3. The van der Waals surface area contributed by atoms with Gasteiger partial charge in [0.25, 0.3) is 0 Å². The van der Waals surface area contributed by atoms with E-state index in [4.69, 9.17) is 4.52 Å². The molecule has 0 saturated heterocycles. The topological polar surface area (TPSA) is 72.6 Å². The van der Waals surface area contributed by atoms with Crippen LogP contribution in [0.3, 0.4) is 0 Å². The number of rotatable bonds is 4. The van der Waals surface area contributed by atoms with Crippen molar-refractivity contribution in [3.63, 3.8) is 0 Å². The molecule has 5 nitrogen and oxygen atoms in total. The fourth-order valence-corrected chi connectivity index (χ4v) is 1.79. The van der Waals surface area contributed by atoms with Crippen molar-refractivity contribution in [2.75, 3.05) is 7.11 Å². The maximum absolute atomic E-state index is 11.4. The molecule has 0 fully saturated rings. The SMILES string of the molecule is COC(=O)C[C@H](c1cccc(O)c1)c1ccon1. The fraction of sp³-hybridized carbons (Fsp3) is 0.231. The van der Waals surface area contributed by atoms with Gasteiger partial charge in [-0.15, -0.1) is 0 Å². The third-order valence-corrected chi connectivity index (χ3v) is 2.69. The quantitative estimate of drug-likeness (QED) is 0.837. The number of benzene rings is 1. The van der Waals surface area contributed by atoms with Crippen molar-refractivity contribution in [3.05, 3.63) is 47.9 Å². The number of hydrogen-bond donors (Lipinski definition) is 1. The van der Waals surface area contributed by atoms with E-state index in [0.717, 1.165) is 5.56 Å². The second-order valence-electron chi connectivity index (χ2n) is 3.85. The van der Waals surface area contributed by atoms with Crippen LogP contribution >= 0.6 is 0 Å². The summed E-state index contributed by atoms with van der Waals surface area (Å²) in [4.78, 5) is 11.4. The highest BCUT2D eigenvalue weighted by Crippen LogP contribution is 2.29. The van der Waals surface area contributed by atoms with Crippen LogP contribution in [-0.2, 0) is 9.53 Å². The van der Waals surface area contributed by atoms with Gasteiger partial charge in [-0.1, -0.05) is 17.3 Å². The van der Waals surface area contributed by atoms with E-state index in [1.165, 1.54) is 13.4 Å². The van der Waals surface area contributed by atoms with E-state index in [-0.39, 0.29) is 24.1 Å². The highest BCUT2D eigenvalue weighted by Gasteiger charge is 2.21. The van der Waals surface area contributed by atoms with Crippen LogP contribution in [0.2, 0.25) is 0 Å². The van der Waals surface area contributed by atoms with Crippen LogP contribution in [0.5, 0.6) is 5.75 Å². The number of carbonyl (C=O) groups is 1. The Kier molecular flexibility index (Phi) is 3.62. The number of ether oxygens (including phenoxy) is 1. The first kappa shape index (κ1) is 12.2. The van der Waals surface area contributed by atoms with Crippen molar-refractivity contribution in [1.29, 1.82) is 0 Å². The lowest BCUT2D eigenvalue weighted by Crippen LogP contribution is -2.10. The third kappa shape index (κ3) is 2.68. The molecule has 0 spiro atoms. The maximum atomic E-state index is 11.4. The van der Waals surface area contributed by atoms with Crippen LogP contribution in [0.4, 0.5) is 0 Å². The number of phenols is 1. The lowest BCUT2D eigenvalue weighted by Gasteiger charge is -2.13. The predicted octanol–water partition coefficient (Wildman–Crippen LogP) is 2.08. The summed E-state index contributed by atoms with van der Waals surface area (Å²) in [6.45, 7) is 0.